The molecule has 5 heteroatoms. The zero-order valence-corrected chi connectivity index (χ0v) is 9.44. The molecule has 0 fully saturated rings. The van der Waals surface area contributed by atoms with Crippen LogP contribution in [-0.2, 0) is 4.79 Å². The van der Waals surface area contributed by atoms with Gasteiger partial charge < -0.3 is 15.2 Å². The first-order valence-corrected chi connectivity index (χ1v) is 5.82. The summed E-state index contributed by atoms with van der Waals surface area (Å²) in [5.74, 6) is 0.551. The number of amides is 1. The van der Waals surface area contributed by atoms with Gasteiger partial charge in [-0.2, -0.15) is 0 Å². The number of hydrogen-bond acceptors (Lipinski definition) is 3. The predicted molar refractivity (Wildman–Crippen MR) is 62.8 cm³/mol. The third kappa shape index (κ3) is 4.84. The van der Waals surface area contributed by atoms with Crippen LogP contribution in [0.3, 0.4) is 0 Å². The van der Waals surface area contributed by atoms with E-state index in [1.165, 1.54) is 11.8 Å². The molecular formula is C11H13NO3S. The van der Waals surface area contributed by atoms with Gasteiger partial charge in [0.1, 0.15) is 6.29 Å². The molecule has 1 atom stereocenters. The lowest BCUT2D eigenvalue weighted by Crippen LogP contribution is -2.35. The number of benzene rings is 1. The molecule has 0 aliphatic heterocycles. The summed E-state index contributed by atoms with van der Waals surface area (Å²) in [6.45, 7) is 0. The van der Waals surface area contributed by atoms with Gasteiger partial charge in [0.15, 0.2) is 0 Å². The first-order valence-electron chi connectivity index (χ1n) is 4.83. The first kappa shape index (κ1) is 12.6. The molecule has 0 saturated carbocycles. The monoisotopic (exact) mass is 239 g/mol. The van der Waals surface area contributed by atoms with Crippen molar-refractivity contribution in [3.8, 4) is 0 Å². The summed E-state index contributed by atoms with van der Waals surface area (Å²) in [5, 5.41) is 10.9. The molecule has 0 bridgehead atoms. The van der Waals surface area contributed by atoms with Gasteiger partial charge in [-0.25, -0.2) is 4.79 Å². The van der Waals surface area contributed by atoms with Crippen LogP contribution in [0.5, 0.6) is 0 Å². The molecule has 0 saturated heterocycles. The van der Waals surface area contributed by atoms with Crippen LogP contribution >= 0.6 is 11.8 Å². The maximum Gasteiger partial charge on any atom is 0.404 e. The molecule has 1 amide bonds. The Morgan fingerprint density at radius 1 is 1.44 bits per heavy atom. The second-order valence-corrected chi connectivity index (χ2v) is 4.27. The smallest absolute Gasteiger partial charge is 0.404 e. The summed E-state index contributed by atoms with van der Waals surface area (Å²) < 4.78 is 0. The van der Waals surface area contributed by atoms with Gasteiger partial charge in [-0.1, -0.05) is 18.2 Å². The highest BCUT2D eigenvalue weighted by Gasteiger charge is 2.11. The van der Waals surface area contributed by atoms with Crippen molar-refractivity contribution in [3.63, 3.8) is 0 Å². The fourth-order valence-electron chi connectivity index (χ4n) is 1.17. The van der Waals surface area contributed by atoms with Crippen LogP contribution in [0.1, 0.15) is 6.42 Å². The SMILES string of the molecule is O=CC[C@@H](CSc1ccccc1)NC(=O)O. The summed E-state index contributed by atoms with van der Waals surface area (Å²) in [7, 11) is 0. The van der Waals surface area contributed by atoms with Crippen LogP contribution in [0.15, 0.2) is 35.2 Å². The fraction of sp³-hybridized carbons (Fsp3) is 0.273. The standard InChI is InChI=1S/C11H13NO3S/c13-7-6-9(12-11(14)15)8-16-10-4-2-1-3-5-10/h1-5,7,9,12H,6,8H2,(H,14,15)/t9-/m0/s1. The van der Waals surface area contributed by atoms with E-state index in [0.29, 0.717) is 5.75 Å². The van der Waals surface area contributed by atoms with E-state index in [0.717, 1.165) is 11.2 Å². The summed E-state index contributed by atoms with van der Waals surface area (Å²) in [5.41, 5.74) is 0. The molecule has 0 aliphatic rings. The maximum atomic E-state index is 10.5. The minimum absolute atomic E-state index is 0.201. The Balaban J connectivity index is 2.43. The Bertz CT molecular complexity index is 342. The van der Waals surface area contributed by atoms with E-state index in [4.69, 9.17) is 5.11 Å². The lowest BCUT2D eigenvalue weighted by atomic mass is 10.2. The molecule has 0 radical (unpaired) electrons. The summed E-state index contributed by atoms with van der Waals surface area (Å²) in [6.07, 6.45) is -0.168. The minimum atomic E-state index is -1.10. The third-order valence-electron chi connectivity index (χ3n) is 1.90. The van der Waals surface area contributed by atoms with Crippen molar-refractivity contribution in [3.05, 3.63) is 30.3 Å². The Morgan fingerprint density at radius 2 is 2.12 bits per heavy atom. The van der Waals surface area contributed by atoms with Crippen molar-refractivity contribution < 1.29 is 14.7 Å². The van der Waals surface area contributed by atoms with Crippen LogP contribution < -0.4 is 5.32 Å². The molecule has 0 spiro atoms. The number of aldehydes is 1. The van der Waals surface area contributed by atoms with E-state index in [1.54, 1.807) is 0 Å². The lowest BCUT2D eigenvalue weighted by Gasteiger charge is -2.13. The molecule has 0 heterocycles. The third-order valence-corrected chi connectivity index (χ3v) is 3.08. The van der Waals surface area contributed by atoms with Gasteiger partial charge >= 0.3 is 6.09 Å². The molecule has 16 heavy (non-hydrogen) atoms. The van der Waals surface area contributed by atoms with Crippen LogP contribution in [0.25, 0.3) is 0 Å². The Labute approximate surface area is 98.0 Å². The van der Waals surface area contributed by atoms with E-state index in [1.807, 2.05) is 30.3 Å². The van der Waals surface area contributed by atoms with Gasteiger partial charge in [-0.15, -0.1) is 11.8 Å². The molecular weight excluding hydrogens is 226 g/mol. The number of hydrogen-bond donors (Lipinski definition) is 2. The van der Waals surface area contributed by atoms with Crippen molar-refractivity contribution in [1.82, 2.24) is 5.32 Å². The van der Waals surface area contributed by atoms with Crippen molar-refractivity contribution in [1.29, 1.82) is 0 Å². The molecule has 0 unspecified atom stereocenters. The van der Waals surface area contributed by atoms with Crippen molar-refractivity contribution >= 4 is 24.1 Å². The minimum Gasteiger partial charge on any atom is -0.465 e. The highest BCUT2D eigenvalue weighted by molar-refractivity contribution is 7.99. The van der Waals surface area contributed by atoms with E-state index >= 15 is 0 Å². The van der Waals surface area contributed by atoms with Gasteiger partial charge in [0, 0.05) is 23.1 Å². The normalized spacial score (nSPS) is 11.8. The quantitative estimate of drug-likeness (QED) is 0.588. The van der Waals surface area contributed by atoms with Crippen molar-refractivity contribution in [2.45, 2.75) is 17.4 Å². The second-order valence-electron chi connectivity index (χ2n) is 3.17. The maximum absolute atomic E-state index is 10.5. The molecule has 1 aromatic rings. The van der Waals surface area contributed by atoms with Gasteiger partial charge in [0.2, 0.25) is 0 Å². The highest BCUT2D eigenvalue weighted by Crippen LogP contribution is 2.18. The summed E-state index contributed by atoms with van der Waals surface area (Å²) in [4.78, 5) is 21.9. The van der Waals surface area contributed by atoms with Crippen LogP contribution in [-0.4, -0.2) is 29.3 Å². The first-order chi connectivity index (χ1) is 7.72. The van der Waals surface area contributed by atoms with Gasteiger partial charge in [-0.3, -0.25) is 0 Å². The molecule has 2 N–H and O–H groups in total. The van der Waals surface area contributed by atoms with Gasteiger partial charge in [0.05, 0.1) is 0 Å². The number of carboxylic acid groups (broad SMARTS) is 1. The zero-order chi connectivity index (χ0) is 11.8. The largest absolute Gasteiger partial charge is 0.465 e. The summed E-state index contributed by atoms with van der Waals surface area (Å²) in [6, 6.07) is 9.32. The number of carbonyl (C=O) groups excluding carboxylic acids is 1. The zero-order valence-electron chi connectivity index (χ0n) is 8.63. The Hall–Kier alpha value is -1.49. The van der Waals surface area contributed by atoms with Crippen LogP contribution in [0.4, 0.5) is 4.79 Å². The lowest BCUT2D eigenvalue weighted by molar-refractivity contribution is -0.108. The second kappa shape index (κ2) is 6.90. The van der Waals surface area contributed by atoms with Gasteiger partial charge in [-0.05, 0) is 12.1 Å². The predicted octanol–water partition coefficient (Wildman–Crippen LogP) is 2.00. The average Bonchev–Trinajstić information content (AvgIpc) is 2.27. The fourth-order valence-corrected chi connectivity index (χ4v) is 2.14. The number of rotatable bonds is 6. The summed E-state index contributed by atoms with van der Waals surface area (Å²) >= 11 is 1.53. The molecule has 0 aromatic heterocycles. The molecule has 0 aliphatic carbocycles. The topological polar surface area (TPSA) is 66.4 Å². The van der Waals surface area contributed by atoms with E-state index < -0.39 is 6.09 Å². The van der Waals surface area contributed by atoms with Crippen molar-refractivity contribution in [2.24, 2.45) is 0 Å². The number of thioether (sulfide) groups is 1. The Morgan fingerprint density at radius 3 is 2.69 bits per heavy atom. The van der Waals surface area contributed by atoms with Gasteiger partial charge in [0.25, 0.3) is 0 Å². The average molecular weight is 239 g/mol. The number of carbonyl (C=O) groups is 2. The van der Waals surface area contributed by atoms with Crippen LogP contribution in [0, 0.1) is 0 Å². The van der Waals surface area contributed by atoms with E-state index in [-0.39, 0.29) is 12.5 Å². The number of nitrogens with one attached hydrogen (secondary N) is 1. The Kier molecular flexibility index (Phi) is 5.42. The molecule has 86 valence electrons. The molecule has 1 rings (SSSR count). The van der Waals surface area contributed by atoms with Crippen molar-refractivity contribution in [2.75, 3.05) is 5.75 Å². The van der Waals surface area contributed by atoms with E-state index in [9.17, 15) is 9.59 Å². The highest BCUT2D eigenvalue weighted by atomic mass is 32.2. The van der Waals surface area contributed by atoms with E-state index in [2.05, 4.69) is 5.32 Å². The molecule has 4 nitrogen and oxygen atoms in total. The molecule has 1 aromatic carbocycles. The van der Waals surface area contributed by atoms with Crippen LogP contribution in [0.2, 0.25) is 0 Å².